The van der Waals surface area contributed by atoms with Crippen LogP contribution in [-0.4, -0.2) is 23.8 Å². The van der Waals surface area contributed by atoms with Crippen LogP contribution in [0.15, 0.2) is 59.9 Å². The number of benzene rings is 1. The number of rotatable bonds is 3. The van der Waals surface area contributed by atoms with Gasteiger partial charge in [0, 0.05) is 11.8 Å². The van der Waals surface area contributed by atoms with Crippen LogP contribution in [0.2, 0.25) is 0 Å². The molecule has 5 nitrogen and oxygen atoms in total. The van der Waals surface area contributed by atoms with Gasteiger partial charge in [-0.1, -0.05) is 41.6 Å². The Morgan fingerprint density at radius 1 is 1.19 bits per heavy atom. The zero-order valence-electron chi connectivity index (χ0n) is 11.5. The second kappa shape index (κ2) is 5.36. The quantitative estimate of drug-likeness (QED) is 0.810. The van der Waals surface area contributed by atoms with Gasteiger partial charge in [0.15, 0.2) is 0 Å². The Hall–Kier alpha value is -2.69. The Morgan fingerprint density at radius 3 is 2.62 bits per heavy atom. The minimum Gasteiger partial charge on any atom is -0.466 e. The van der Waals surface area contributed by atoms with Gasteiger partial charge in [-0.3, -0.25) is 4.98 Å². The lowest BCUT2D eigenvalue weighted by Crippen LogP contribution is -2.37. The van der Waals surface area contributed by atoms with Crippen molar-refractivity contribution in [3.63, 3.8) is 0 Å². The maximum absolute atomic E-state index is 12.3. The molecular formula is C16H14N2O3. The summed E-state index contributed by atoms with van der Waals surface area (Å²) in [6.07, 6.45) is 1.97. The Labute approximate surface area is 122 Å². The van der Waals surface area contributed by atoms with Crippen molar-refractivity contribution < 1.29 is 14.4 Å². The highest BCUT2D eigenvalue weighted by molar-refractivity contribution is 6.03. The van der Waals surface area contributed by atoms with Crippen LogP contribution in [0.5, 0.6) is 0 Å². The summed E-state index contributed by atoms with van der Waals surface area (Å²) in [6, 6.07) is 14.8. The molecule has 21 heavy (non-hydrogen) atoms. The minimum atomic E-state index is -1.23. The molecule has 106 valence electrons. The first-order chi connectivity index (χ1) is 10.3. The summed E-state index contributed by atoms with van der Waals surface area (Å²) in [5.74, 6) is -0.469. The van der Waals surface area contributed by atoms with Crippen LogP contribution in [0.25, 0.3) is 0 Å². The van der Waals surface area contributed by atoms with Gasteiger partial charge >= 0.3 is 5.97 Å². The van der Waals surface area contributed by atoms with E-state index in [0.29, 0.717) is 23.4 Å². The number of methoxy groups -OCH3 is 1. The van der Waals surface area contributed by atoms with Crippen LogP contribution in [0, 0.1) is 0 Å². The molecule has 3 rings (SSSR count). The third-order valence-corrected chi connectivity index (χ3v) is 3.44. The fourth-order valence-corrected chi connectivity index (χ4v) is 2.36. The summed E-state index contributed by atoms with van der Waals surface area (Å²) < 4.78 is 4.92. The monoisotopic (exact) mass is 282 g/mol. The first-order valence-electron chi connectivity index (χ1n) is 6.57. The highest BCUT2D eigenvalue weighted by Gasteiger charge is 2.49. The van der Waals surface area contributed by atoms with Crippen LogP contribution in [0.3, 0.4) is 0 Å². The third-order valence-electron chi connectivity index (χ3n) is 3.44. The summed E-state index contributed by atoms with van der Waals surface area (Å²) in [4.78, 5) is 22.0. The van der Waals surface area contributed by atoms with E-state index in [1.807, 2.05) is 48.5 Å². The molecule has 2 heterocycles. The number of carbonyl (C=O) groups is 1. The Morgan fingerprint density at radius 2 is 1.95 bits per heavy atom. The number of pyridine rings is 1. The first kappa shape index (κ1) is 13.3. The van der Waals surface area contributed by atoms with Crippen LogP contribution >= 0.6 is 0 Å². The third kappa shape index (κ3) is 2.27. The van der Waals surface area contributed by atoms with Crippen LogP contribution in [-0.2, 0) is 20.0 Å². The zero-order chi connectivity index (χ0) is 14.7. The second-order valence-electron chi connectivity index (χ2n) is 4.71. The number of nitrogens with zero attached hydrogens (tertiary/aromatic N) is 2. The van der Waals surface area contributed by atoms with Crippen molar-refractivity contribution in [2.45, 2.75) is 12.0 Å². The van der Waals surface area contributed by atoms with Crippen molar-refractivity contribution >= 4 is 11.7 Å². The van der Waals surface area contributed by atoms with Crippen molar-refractivity contribution in [3.05, 3.63) is 66.0 Å². The fourth-order valence-electron chi connectivity index (χ4n) is 2.36. The fraction of sp³-hybridized carbons (Fsp3) is 0.188. The lowest BCUT2D eigenvalue weighted by Gasteiger charge is -2.23. The van der Waals surface area contributed by atoms with Gasteiger partial charge in [0.05, 0.1) is 19.2 Å². The van der Waals surface area contributed by atoms with Gasteiger partial charge in [0.25, 0.3) is 5.60 Å². The van der Waals surface area contributed by atoms with E-state index in [0.717, 1.165) is 0 Å². The molecule has 1 aliphatic heterocycles. The maximum atomic E-state index is 12.3. The van der Waals surface area contributed by atoms with Crippen molar-refractivity contribution in [1.82, 2.24) is 4.98 Å². The van der Waals surface area contributed by atoms with Crippen LogP contribution in [0.1, 0.15) is 17.7 Å². The standard InChI is InChI=1S/C16H14N2O3/c1-20-15(19)16(12-7-3-2-4-8-12)11-14(18-21-16)13-9-5-6-10-17-13/h2-10H,11H2,1H3. The molecule has 2 aromatic rings. The molecule has 0 bridgehead atoms. The predicted octanol–water partition coefficient (Wildman–Crippen LogP) is 2.27. The topological polar surface area (TPSA) is 60.8 Å². The number of carbonyl (C=O) groups excluding carboxylic acids is 1. The molecule has 1 aromatic carbocycles. The second-order valence-corrected chi connectivity index (χ2v) is 4.71. The summed E-state index contributed by atoms with van der Waals surface area (Å²) in [5, 5.41) is 4.06. The van der Waals surface area contributed by atoms with Crippen LogP contribution in [0.4, 0.5) is 0 Å². The van der Waals surface area contributed by atoms with Gasteiger partial charge in [-0.25, -0.2) is 4.79 Å². The van der Waals surface area contributed by atoms with Crippen molar-refractivity contribution in [1.29, 1.82) is 0 Å². The summed E-state index contributed by atoms with van der Waals surface area (Å²) in [7, 11) is 1.34. The van der Waals surface area contributed by atoms with Gasteiger partial charge in [0.1, 0.15) is 5.71 Å². The summed E-state index contributed by atoms with van der Waals surface area (Å²) in [6.45, 7) is 0. The molecule has 0 spiro atoms. The van der Waals surface area contributed by atoms with Gasteiger partial charge in [-0.15, -0.1) is 0 Å². The van der Waals surface area contributed by atoms with E-state index in [4.69, 9.17) is 9.57 Å². The molecule has 1 atom stereocenters. The normalized spacial score (nSPS) is 20.5. The van der Waals surface area contributed by atoms with E-state index >= 15 is 0 Å². The molecule has 1 unspecified atom stereocenters. The lowest BCUT2D eigenvalue weighted by atomic mass is 9.88. The number of hydrogen-bond acceptors (Lipinski definition) is 5. The Bertz CT molecular complexity index is 670. The molecule has 0 saturated carbocycles. The number of esters is 1. The number of aromatic nitrogens is 1. The Balaban J connectivity index is 1.97. The zero-order valence-corrected chi connectivity index (χ0v) is 11.5. The molecule has 0 aliphatic carbocycles. The van der Waals surface area contributed by atoms with Crippen molar-refractivity contribution in [2.24, 2.45) is 5.16 Å². The molecule has 0 radical (unpaired) electrons. The summed E-state index contributed by atoms with van der Waals surface area (Å²) in [5.41, 5.74) is 0.804. The SMILES string of the molecule is COC(=O)C1(c2ccccc2)CC(c2ccccn2)=NO1. The first-order valence-corrected chi connectivity index (χ1v) is 6.57. The smallest absolute Gasteiger partial charge is 0.358 e. The van der Waals surface area contributed by atoms with E-state index in [-0.39, 0.29) is 0 Å². The van der Waals surface area contributed by atoms with Crippen molar-refractivity contribution in [2.75, 3.05) is 7.11 Å². The predicted molar refractivity (Wildman–Crippen MR) is 76.6 cm³/mol. The number of oxime groups is 1. The van der Waals surface area contributed by atoms with Gasteiger partial charge in [-0.2, -0.15) is 0 Å². The highest BCUT2D eigenvalue weighted by atomic mass is 16.7. The summed E-state index contributed by atoms with van der Waals surface area (Å²) >= 11 is 0. The van der Waals surface area contributed by atoms with E-state index in [1.165, 1.54) is 7.11 Å². The van der Waals surface area contributed by atoms with Gasteiger partial charge in [-0.05, 0) is 12.1 Å². The molecule has 0 N–H and O–H groups in total. The van der Waals surface area contributed by atoms with Gasteiger partial charge in [0.2, 0.25) is 0 Å². The number of hydrogen-bond donors (Lipinski definition) is 0. The van der Waals surface area contributed by atoms with Crippen LogP contribution < -0.4 is 0 Å². The van der Waals surface area contributed by atoms with E-state index < -0.39 is 11.6 Å². The Kier molecular flexibility index (Phi) is 3.39. The molecule has 0 amide bonds. The average molecular weight is 282 g/mol. The number of ether oxygens (including phenoxy) is 1. The molecule has 0 saturated heterocycles. The molecule has 1 aliphatic rings. The van der Waals surface area contributed by atoms with Crippen molar-refractivity contribution in [3.8, 4) is 0 Å². The van der Waals surface area contributed by atoms with E-state index in [9.17, 15) is 4.79 Å². The van der Waals surface area contributed by atoms with E-state index in [1.54, 1.807) is 6.20 Å². The molecular weight excluding hydrogens is 268 g/mol. The average Bonchev–Trinajstić information content (AvgIpc) is 3.02. The molecule has 0 fully saturated rings. The molecule has 5 heteroatoms. The van der Waals surface area contributed by atoms with E-state index in [2.05, 4.69) is 10.1 Å². The van der Waals surface area contributed by atoms with Gasteiger partial charge < -0.3 is 9.57 Å². The lowest BCUT2D eigenvalue weighted by molar-refractivity contribution is -0.167. The highest BCUT2D eigenvalue weighted by Crippen LogP contribution is 2.37. The largest absolute Gasteiger partial charge is 0.466 e. The minimum absolute atomic E-state index is 0.292. The molecule has 1 aromatic heterocycles. The maximum Gasteiger partial charge on any atom is 0.358 e.